The predicted molar refractivity (Wildman–Crippen MR) is 97.0 cm³/mol. The zero-order valence-electron chi connectivity index (χ0n) is 14.2. The molecule has 2 aromatic rings. The largest absolute Gasteiger partial charge is 0.326 e. The van der Waals surface area contributed by atoms with E-state index in [1.807, 2.05) is 63.2 Å². The van der Waals surface area contributed by atoms with Gasteiger partial charge < -0.3 is 16.0 Å². The fourth-order valence-electron chi connectivity index (χ4n) is 2.31. The van der Waals surface area contributed by atoms with Crippen molar-refractivity contribution in [1.82, 2.24) is 5.32 Å². The van der Waals surface area contributed by atoms with Gasteiger partial charge in [-0.25, -0.2) is 4.79 Å². The summed E-state index contributed by atoms with van der Waals surface area (Å²) in [6, 6.07) is 15.6. The molecule has 2 rings (SSSR count). The van der Waals surface area contributed by atoms with Gasteiger partial charge in [0.15, 0.2) is 0 Å². The van der Waals surface area contributed by atoms with Crippen molar-refractivity contribution in [2.75, 3.05) is 10.6 Å². The monoisotopic (exact) mass is 325 g/mol. The molecule has 126 valence electrons. The third kappa shape index (κ3) is 5.12. The Morgan fingerprint density at radius 3 is 2.17 bits per heavy atom. The number of urea groups is 1. The number of nitrogens with one attached hydrogen (secondary N) is 3. The molecule has 24 heavy (non-hydrogen) atoms. The Hall–Kier alpha value is -2.82. The summed E-state index contributed by atoms with van der Waals surface area (Å²) in [5.74, 6) is -0.282. The highest BCUT2D eigenvalue weighted by molar-refractivity contribution is 5.99. The van der Waals surface area contributed by atoms with E-state index >= 15 is 0 Å². The van der Waals surface area contributed by atoms with Crippen LogP contribution in [0, 0.1) is 12.8 Å². The lowest BCUT2D eigenvalue weighted by molar-refractivity contribution is -0.118. The number of rotatable bonds is 5. The van der Waals surface area contributed by atoms with Crippen molar-refractivity contribution in [3.05, 3.63) is 60.2 Å². The van der Waals surface area contributed by atoms with E-state index in [1.165, 1.54) is 0 Å². The molecule has 0 radical (unpaired) electrons. The summed E-state index contributed by atoms with van der Waals surface area (Å²) in [6.45, 7) is 5.74. The Bertz CT molecular complexity index is 699. The number of anilines is 2. The molecule has 0 fully saturated rings. The van der Waals surface area contributed by atoms with E-state index in [2.05, 4.69) is 16.0 Å². The number of hydrogen-bond acceptors (Lipinski definition) is 2. The van der Waals surface area contributed by atoms with Gasteiger partial charge in [-0.3, -0.25) is 4.79 Å². The van der Waals surface area contributed by atoms with Crippen LogP contribution in [0.1, 0.15) is 19.4 Å². The van der Waals surface area contributed by atoms with Gasteiger partial charge in [-0.2, -0.15) is 0 Å². The molecule has 0 spiro atoms. The summed E-state index contributed by atoms with van der Waals surface area (Å²) >= 11 is 0. The van der Waals surface area contributed by atoms with Crippen LogP contribution >= 0.6 is 0 Å². The molecule has 0 saturated carbocycles. The highest BCUT2D eigenvalue weighted by atomic mass is 16.2. The minimum atomic E-state index is -0.630. The molecule has 0 unspecified atom stereocenters. The second-order valence-corrected chi connectivity index (χ2v) is 6.04. The zero-order valence-corrected chi connectivity index (χ0v) is 14.2. The molecule has 5 nitrogen and oxygen atoms in total. The Morgan fingerprint density at radius 2 is 1.54 bits per heavy atom. The van der Waals surface area contributed by atoms with Gasteiger partial charge in [0.1, 0.15) is 6.04 Å². The van der Waals surface area contributed by atoms with Crippen molar-refractivity contribution in [1.29, 1.82) is 0 Å². The van der Waals surface area contributed by atoms with E-state index in [9.17, 15) is 9.59 Å². The lowest BCUT2D eigenvalue weighted by atomic mass is 10.0. The van der Waals surface area contributed by atoms with Crippen LogP contribution in [-0.2, 0) is 4.79 Å². The van der Waals surface area contributed by atoms with Crippen LogP contribution in [0.15, 0.2) is 54.6 Å². The number of benzene rings is 2. The molecule has 0 aromatic heterocycles. The first kappa shape index (κ1) is 17.5. The van der Waals surface area contributed by atoms with E-state index in [0.29, 0.717) is 5.69 Å². The van der Waals surface area contributed by atoms with E-state index in [4.69, 9.17) is 0 Å². The van der Waals surface area contributed by atoms with Crippen molar-refractivity contribution in [3.8, 4) is 0 Å². The smallest absolute Gasteiger partial charge is 0.319 e. The van der Waals surface area contributed by atoms with Gasteiger partial charge in [-0.15, -0.1) is 0 Å². The number of hydrogen-bond donors (Lipinski definition) is 3. The molecule has 5 heteroatoms. The summed E-state index contributed by atoms with van der Waals surface area (Å²) in [4.78, 5) is 24.6. The molecule has 0 heterocycles. The number of carbonyl (C=O) groups excluding carboxylic acids is 2. The summed E-state index contributed by atoms with van der Waals surface area (Å²) in [7, 11) is 0. The first-order chi connectivity index (χ1) is 11.5. The second-order valence-electron chi connectivity index (χ2n) is 6.04. The minimum absolute atomic E-state index is 0.0451. The lowest BCUT2D eigenvalue weighted by Gasteiger charge is -2.22. The van der Waals surface area contributed by atoms with E-state index in [1.54, 1.807) is 12.1 Å². The van der Waals surface area contributed by atoms with Gasteiger partial charge in [0.2, 0.25) is 5.91 Å². The van der Waals surface area contributed by atoms with Crippen molar-refractivity contribution < 1.29 is 9.59 Å². The lowest BCUT2D eigenvalue weighted by Crippen LogP contribution is -2.48. The normalized spacial score (nSPS) is 11.7. The zero-order chi connectivity index (χ0) is 17.5. The number of aryl methyl sites for hydroxylation is 1. The van der Waals surface area contributed by atoms with Crippen molar-refractivity contribution in [3.63, 3.8) is 0 Å². The Balaban J connectivity index is 2.00. The Labute approximate surface area is 142 Å². The molecule has 0 aliphatic rings. The Morgan fingerprint density at radius 1 is 0.875 bits per heavy atom. The summed E-state index contributed by atoms with van der Waals surface area (Å²) in [6.07, 6.45) is 0. The van der Waals surface area contributed by atoms with Crippen molar-refractivity contribution in [2.45, 2.75) is 26.8 Å². The third-order valence-electron chi connectivity index (χ3n) is 3.55. The van der Waals surface area contributed by atoms with E-state index in [-0.39, 0.29) is 11.8 Å². The molecule has 3 amide bonds. The average Bonchev–Trinajstić information content (AvgIpc) is 2.53. The fourth-order valence-corrected chi connectivity index (χ4v) is 2.31. The SMILES string of the molecule is Cc1cccc(NC(=O)[C@@H](NC(=O)Nc2ccccc2)C(C)C)c1. The van der Waals surface area contributed by atoms with Crippen LogP contribution in [-0.4, -0.2) is 18.0 Å². The van der Waals surface area contributed by atoms with Gasteiger partial charge in [0, 0.05) is 11.4 Å². The van der Waals surface area contributed by atoms with E-state index < -0.39 is 12.1 Å². The molecular weight excluding hydrogens is 302 g/mol. The molecule has 3 N–H and O–H groups in total. The first-order valence-corrected chi connectivity index (χ1v) is 7.96. The van der Waals surface area contributed by atoms with Crippen LogP contribution in [0.3, 0.4) is 0 Å². The van der Waals surface area contributed by atoms with Crippen molar-refractivity contribution >= 4 is 23.3 Å². The van der Waals surface area contributed by atoms with E-state index in [0.717, 1.165) is 11.3 Å². The van der Waals surface area contributed by atoms with Gasteiger partial charge in [-0.05, 0) is 42.7 Å². The number of carbonyl (C=O) groups is 2. The summed E-state index contributed by atoms with van der Waals surface area (Å²) in [5, 5.41) is 8.31. The first-order valence-electron chi connectivity index (χ1n) is 7.96. The fraction of sp³-hybridized carbons (Fsp3) is 0.263. The third-order valence-corrected chi connectivity index (χ3v) is 3.55. The quantitative estimate of drug-likeness (QED) is 0.783. The second kappa shape index (κ2) is 8.15. The minimum Gasteiger partial charge on any atom is -0.326 e. The highest BCUT2D eigenvalue weighted by Crippen LogP contribution is 2.12. The molecular formula is C19H23N3O2. The topological polar surface area (TPSA) is 70.2 Å². The van der Waals surface area contributed by atoms with Crippen LogP contribution in [0.2, 0.25) is 0 Å². The van der Waals surface area contributed by atoms with Crippen LogP contribution in [0.4, 0.5) is 16.2 Å². The number of para-hydroxylation sites is 1. The maximum Gasteiger partial charge on any atom is 0.319 e. The maximum atomic E-state index is 12.5. The molecule has 1 atom stereocenters. The van der Waals surface area contributed by atoms with Crippen LogP contribution in [0.25, 0.3) is 0 Å². The van der Waals surface area contributed by atoms with Gasteiger partial charge in [-0.1, -0.05) is 44.2 Å². The Kier molecular flexibility index (Phi) is 5.95. The molecule has 0 aliphatic carbocycles. The standard InChI is InChI=1S/C19H23N3O2/c1-13(2)17(18(23)20-16-11-7-8-14(3)12-16)22-19(24)21-15-9-5-4-6-10-15/h4-13,17H,1-3H3,(H,20,23)(H2,21,22,24)/t17-/m0/s1. The molecule has 0 bridgehead atoms. The van der Waals surface area contributed by atoms with Gasteiger partial charge in [0.05, 0.1) is 0 Å². The number of amides is 3. The summed E-state index contributed by atoms with van der Waals surface area (Å²) < 4.78 is 0. The summed E-state index contributed by atoms with van der Waals surface area (Å²) in [5.41, 5.74) is 2.45. The van der Waals surface area contributed by atoms with Gasteiger partial charge in [0.25, 0.3) is 0 Å². The van der Waals surface area contributed by atoms with Gasteiger partial charge >= 0.3 is 6.03 Å². The van der Waals surface area contributed by atoms with Crippen LogP contribution < -0.4 is 16.0 Å². The van der Waals surface area contributed by atoms with Crippen LogP contribution in [0.5, 0.6) is 0 Å². The molecule has 0 saturated heterocycles. The maximum absolute atomic E-state index is 12.5. The average molecular weight is 325 g/mol. The van der Waals surface area contributed by atoms with Crippen molar-refractivity contribution in [2.24, 2.45) is 5.92 Å². The molecule has 0 aliphatic heterocycles. The predicted octanol–water partition coefficient (Wildman–Crippen LogP) is 3.78. The molecule has 2 aromatic carbocycles. The highest BCUT2D eigenvalue weighted by Gasteiger charge is 2.24.